The Bertz CT molecular complexity index is 1210. The van der Waals surface area contributed by atoms with Crippen LogP contribution in [0.15, 0.2) is 77.3 Å². The first kappa shape index (κ1) is 22.7. The molecule has 0 fully saturated rings. The molecule has 0 N–H and O–H groups in total. The van der Waals surface area contributed by atoms with Crippen molar-refractivity contribution in [1.82, 2.24) is 4.90 Å². The monoisotopic (exact) mass is 507 g/mol. The predicted molar refractivity (Wildman–Crippen MR) is 138 cm³/mol. The van der Waals surface area contributed by atoms with Crippen LogP contribution in [0, 0.1) is 0 Å². The Morgan fingerprint density at radius 1 is 0.969 bits per heavy atom. The summed E-state index contributed by atoms with van der Waals surface area (Å²) >= 11 is 5.03. The number of hydrogen-bond donors (Lipinski definition) is 0. The molecule has 164 valence electrons. The molecule has 0 aliphatic heterocycles. The van der Waals surface area contributed by atoms with Gasteiger partial charge in [-0.15, -0.1) is 11.3 Å². The maximum atomic E-state index is 13.5. The summed E-state index contributed by atoms with van der Waals surface area (Å²) in [6, 6.07) is 23.9. The summed E-state index contributed by atoms with van der Waals surface area (Å²) in [5.41, 5.74) is 2.70. The van der Waals surface area contributed by atoms with Crippen molar-refractivity contribution in [3.8, 4) is 16.9 Å². The van der Waals surface area contributed by atoms with E-state index >= 15 is 0 Å². The Kier molecular flexibility index (Phi) is 7.40. The van der Waals surface area contributed by atoms with E-state index in [1.807, 2.05) is 48.5 Å². The highest BCUT2D eigenvalue weighted by molar-refractivity contribution is 9.10. The maximum Gasteiger partial charge on any atom is 0.203 e. The highest BCUT2D eigenvalue weighted by atomic mass is 79.9. The zero-order valence-electron chi connectivity index (χ0n) is 18.3. The minimum Gasteiger partial charge on any atom is -0.492 e. The zero-order valence-corrected chi connectivity index (χ0v) is 20.7. The molecule has 0 aliphatic rings. The minimum absolute atomic E-state index is 0.0436. The number of hydrogen-bond acceptors (Lipinski definition) is 4. The van der Waals surface area contributed by atoms with Crippen LogP contribution in [0.4, 0.5) is 0 Å². The van der Waals surface area contributed by atoms with E-state index in [1.54, 1.807) is 11.3 Å². The van der Waals surface area contributed by atoms with Crippen LogP contribution in [0.2, 0.25) is 0 Å². The molecule has 0 atom stereocenters. The molecule has 4 aromatic rings. The van der Waals surface area contributed by atoms with Crippen LogP contribution in [0.3, 0.4) is 0 Å². The molecular formula is C27H26BrNO2S. The molecule has 4 rings (SSSR count). The van der Waals surface area contributed by atoms with Crippen molar-refractivity contribution in [2.75, 3.05) is 26.2 Å². The van der Waals surface area contributed by atoms with Crippen LogP contribution < -0.4 is 4.74 Å². The van der Waals surface area contributed by atoms with Crippen molar-refractivity contribution in [1.29, 1.82) is 0 Å². The first-order chi connectivity index (χ1) is 15.6. The summed E-state index contributed by atoms with van der Waals surface area (Å²) in [4.78, 5) is 16.6. The van der Waals surface area contributed by atoms with E-state index < -0.39 is 0 Å². The number of ketones is 1. The molecule has 0 aliphatic carbocycles. The Balaban J connectivity index is 1.65. The summed E-state index contributed by atoms with van der Waals surface area (Å²) in [5, 5.41) is 1.10. The van der Waals surface area contributed by atoms with E-state index in [2.05, 4.69) is 58.9 Å². The smallest absolute Gasteiger partial charge is 0.203 e. The molecule has 1 aromatic heterocycles. The van der Waals surface area contributed by atoms with Gasteiger partial charge in [-0.3, -0.25) is 4.79 Å². The quantitative estimate of drug-likeness (QED) is 0.223. The number of halogens is 1. The molecule has 3 nitrogen and oxygen atoms in total. The van der Waals surface area contributed by atoms with Crippen LogP contribution in [-0.4, -0.2) is 36.9 Å². The van der Waals surface area contributed by atoms with Crippen LogP contribution in [0.25, 0.3) is 21.2 Å². The fraction of sp³-hybridized carbons (Fsp3) is 0.222. The fourth-order valence-corrected chi connectivity index (χ4v) is 5.39. The molecular weight excluding hydrogens is 482 g/mol. The van der Waals surface area contributed by atoms with Gasteiger partial charge in [0, 0.05) is 32.2 Å². The third-order valence-electron chi connectivity index (χ3n) is 5.60. The second-order valence-corrected chi connectivity index (χ2v) is 9.51. The molecule has 0 saturated heterocycles. The van der Waals surface area contributed by atoms with Crippen molar-refractivity contribution < 1.29 is 9.53 Å². The van der Waals surface area contributed by atoms with Crippen LogP contribution >= 0.6 is 27.3 Å². The highest BCUT2D eigenvalue weighted by Gasteiger charge is 2.21. The van der Waals surface area contributed by atoms with Crippen molar-refractivity contribution in [3.63, 3.8) is 0 Å². The van der Waals surface area contributed by atoms with Crippen LogP contribution in [0.5, 0.6) is 5.75 Å². The lowest BCUT2D eigenvalue weighted by atomic mass is 9.98. The second-order valence-electron chi connectivity index (χ2n) is 7.54. The summed E-state index contributed by atoms with van der Waals surface area (Å²) < 4.78 is 7.96. The van der Waals surface area contributed by atoms with Crippen molar-refractivity contribution in [2.45, 2.75) is 13.8 Å². The molecule has 5 heteroatoms. The van der Waals surface area contributed by atoms with Gasteiger partial charge in [0.05, 0.1) is 4.88 Å². The van der Waals surface area contributed by atoms with E-state index in [1.165, 1.54) is 0 Å². The molecule has 0 radical (unpaired) electrons. The topological polar surface area (TPSA) is 29.5 Å². The van der Waals surface area contributed by atoms with Gasteiger partial charge in [0.15, 0.2) is 0 Å². The standard InChI is InChI=1S/C27H26BrNO2S/c1-3-29(4-2)16-17-31-22-14-12-19(13-15-22)25-23-10-5-6-11-24(23)32-27(25)26(30)20-8-7-9-21(28)18-20/h5-15,18H,3-4,16-17H2,1-2H3. The zero-order chi connectivity index (χ0) is 22.5. The SMILES string of the molecule is CCN(CC)CCOc1ccc(-c2c(C(=O)c3cccc(Br)c3)sc3ccccc23)cc1. The Morgan fingerprint density at radius 3 is 2.44 bits per heavy atom. The predicted octanol–water partition coefficient (Wildman–Crippen LogP) is 7.28. The number of nitrogens with zero attached hydrogens (tertiary/aromatic N) is 1. The molecule has 3 aromatic carbocycles. The number of carbonyl (C=O) groups is 1. The summed E-state index contributed by atoms with van der Waals surface area (Å²) in [7, 11) is 0. The van der Waals surface area contributed by atoms with Gasteiger partial charge in [0.2, 0.25) is 5.78 Å². The Morgan fingerprint density at radius 2 is 1.72 bits per heavy atom. The van der Waals surface area contributed by atoms with Gasteiger partial charge in [0.1, 0.15) is 12.4 Å². The molecule has 0 unspecified atom stereocenters. The lowest BCUT2D eigenvalue weighted by molar-refractivity contribution is 0.104. The number of carbonyl (C=O) groups excluding carboxylic acids is 1. The summed E-state index contributed by atoms with van der Waals surface area (Å²) in [6.45, 7) is 7.95. The number of likely N-dealkylation sites (N-methyl/N-ethyl adjacent to an activating group) is 1. The van der Waals surface area contributed by atoms with Gasteiger partial charge >= 0.3 is 0 Å². The van der Waals surface area contributed by atoms with E-state index in [4.69, 9.17) is 4.74 Å². The van der Waals surface area contributed by atoms with Gasteiger partial charge in [-0.1, -0.05) is 72.2 Å². The van der Waals surface area contributed by atoms with Gasteiger partial charge < -0.3 is 9.64 Å². The molecule has 1 heterocycles. The number of thiophene rings is 1. The third-order valence-corrected chi connectivity index (χ3v) is 7.26. The Hall–Kier alpha value is -2.47. The van der Waals surface area contributed by atoms with E-state index in [0.717, 1.165) is 55.9 Å². The van der Waals surface area contributed by atoms with Gasteiger partial charge in [-0.2, -0.15) is 0 Å². The van der Waals surface area contributed by atoms with Crippen LogP contribution in [-0.2, 0) is 0 Å². The average molecular weight is 508 g/mol. The number of benzene rings is 3. The van der Waals surface area contributed by atoms with Crippen molar-refractivity contribution >= 4 is 43.1 Å². The van der Waals surface area contributed by atoms with Gasteiger partial charge in [-0.25, -0.2) is 0 Å². The summed E-state index contributed by atoms with van der Waals surface area (Å²) in [5.74, 6) is 0.891. The van der Waals surface area contributed by atoms with E-state index in [-0.39, 0.29) is 5.78 Å². The molecule has 0 amide bonds. The number of ether oxygens (including phenoxy) is 1. The lowest BCUT2D eigenvalue weighted by Gasteiger charge is -2.18. The normalized spacial score (nSPS) is 11.2. The van der Waals surface area contributed by atoms with E-state index in [0.29, 0.717) is 12.2 Å². The fourth-order valence-electron chi connectivity index (χ4n) is 3.80. The molecule has 0 bridgehead atoms. The minimum atomic E-state index is 0.0436. The maximum absolute atomic E-state index is 13.5. The summed E-state index contributed by atoms with van der Waals surface area (Å²) in [6.07, 6.45) is 0. The largest absolute Gasteiger partial charge is 0.492 e. The number of fused-ring (bicyclic) bond motifs is 1. The average Bonchev–Trinajstić information content (AvgIpc) is 3.21. The van der Waals surface area contributed by atoms with Crippen molar-refractivity contribution in [3.05, 3.63) is 87.7 Å². The number of rotatable bonds is 9. The first-order valence-corrected chi connectivity index (χ1v) is 12.5. The van der Waals surface area contributed by atoms with Crippen molar-refractivity contribution in [2.24, 2.45) is 0 Å². The lowest BCUT2D eigenvalue weighted by Crippen LogP contribution is -2.27. The third kappa shape index (κ3) is 4.96. The molecule has 32 heavy (non-hydrogen) atoms. The van der Waals surface area contributed by atoms with Gasteiger partial charge in [0.25, 0.3) is 0 Å². The van der Waals surface area contributed by atoms with Gasteiger partial charge in [-0.05, 0) is 49.0 Å². The highest BCUT2D eigenvalue weighted by Crippen LogP contribution is 2.40. The molecule has 0 spiro atoms. The second kappa shape index (κ2) is 10.4. The molecule has 0 saturated carbocycles. The first-order valence-electron chi connectivity index (χ1n) is 10.9. The Labute approximate surface area is 201 Å². The van der Waals surface area contributed by atoms with Crippen LogP contribution in [0.1, 0.15) is 29.1 Å². The van der Waals surface area contributed by atoms with E-state index in [9.17, 15) is 4.79 Å².